The van der Waals surface area contributed by atoms with Crippen molar-refractivity contribution in [3.8, 4) is 0 Å². The van der Waals surface area contributed by atoms with E-state index in [1.165, 1.54) is 28.0 Å². The number of aliphatic carboxylic acids is 1. The van der Waals surface area contributed by atoms with Crippen molar-refractivity contribution >= 4 is 23.6 Å². The zero-order chi connectivity index (χ0) is 19.1. The number of nitrogens with zero attached hydrogens (tertiary/aromatic N) is 3. The fourth-order valence-corrected chi connectivity index (χ4v) is 2.64. The quantitative estimate of drug-likeness (QED) is 0.438. The van der Waals surface area contributed by atoms with Crippen molar-refractivity contribution in [3.63, 3.8) is 0 Å². The Morgan fingerprint density at radius 3 is 2.35 bits per heavy atom. The number of nitro groups is 1. The molecule has 10 heteroatoms. The van der Waals surface area contributed by atoms with Crippen LogP contribution < -0.4 is 5.32 Å². The summed E-state index contributed by atoms with van der Waals surface area (Å²) in [6.07, 6.45) is 0.329. The summed E-state index contributed by atoms with van der Waals surface area (Å²) in [7, 11) is 0. The minimum absolute atomic E-state index is 0.0155. The summed E-state index contributed by atoms with van der Waals surface area (Å²) in [5, 5.41) is 22.2. The molecule has 2 rings (SSSR count). The third-order valence-corrected chi connectivity index (χ3v) is 4.03. The van der Waals surface area contributed by atoms with E-state index in [-0.39, 0.29) is 43.3 Å². The SMILES string of the molecule is O=C(O)CCCNC(=O)N1CCN(C(=O)c2ccccc2[N+](=O)[O-])CC1. The van der Waals surface area contributed by atoms with E-state index in [0.29, 0.717) is 19.5 Å². The van der Waals surface area contributed by atoms with Crippen LogP contribution in [0.2, 0.25) is 0 Å². The Labute approximate surface area is 149 Å². The molecule has 1 saturated heterocycles. The van der Waals surface area contributed by atoms with Crippen molar-refractivity contribution in [2.75, 3.05) is 32.7 Å². The summed E-state index contributed by atoms with van der Waals surface area (Å²) in [5.74, 6) is -1.35. The van der Waals surface area contributed by atoms with Crippen LogP contribution in [0.3, 0.4) is 0 Å². The average Bonchev–Trinajstić information content (AvgIpc) is 2.64. The summed E-state index contributed by atoms with van der Waals surface area (Å²) >= 11 is 0. The molecule has 1 aromatic rings. The first kappa shape index (κ1) is 19.2. The first-order valence-electron chi connectivity index (χ1n) is 8.17. The second kappa shape index (κ2) is 8.79. The number of carboxylic acid groups (broad SMARTS) is 1. The lowest BCUT2D eigenvalue weighted by Crippen LogP contribution is -2.53. The monoisotopic (exact) mass is 364 g/mol. The molecule has 0 bridgehead atoms. The number of nitro benzene ring substituents is 1. The number of urea groups is 1. The van der Waals surface area contributed by atoms with Gasteiger partial charge in [-0.15, -0.1) is 0 Å². The number of hydrogen-bond acceptors (Lipinski definition) is 5. The second-order valence-electron chi connectivity index (χ2n) is 5.78. The zero-order valence-electron chi connectivity index (χ0n) is 14.1. The third kappa shape index (κ3) is 4.91. The maximum absolute atomic E-state index is 12.5. The highest BCUT2D eigenvalue weighted by Gasteiger charge is 2.28. The smallest absolute Gasteiger partial charge is 0.317 e. The van der Waals surface area contributed by atoms with Crippen molar-refractivity contribution in [3.05, 3.63) is 39.9 Å². The van der Waals surface area contributed by atoms with E-state index in [4.69, 9.17) is 5.11 Å². The number of hydrogen-bond donors (Lipinski definition) is 2. The Morgan fingerprint density at radius 1 is 1.12 bits per heavy atom. The van der Waals surface area contributed by atoms with Gasteiger partial charge in [-0.1, -0.05) is 12.1 Å². The summed E-state index contributed by atoms with van der Waals surface area (Å²) in [4.78, 5) is 48.4. The van der Waals surface area contributed by atoms with Crippen molar-refractivity contribution in [2.24, 2.45) is 0 Å². The second-order valence-corrected chi connectivity index (χ2v) is 5.78. The topological polar surface area (TPSA) is 133 Å². The molecule has 0 atom stereocenters. The van der Waals surface area contributed by atoms with Gasteiger partial charge in [0.2, 0.25) is 0 Å². The molecule has 0 radical (unpaired) electrons. The number of piperazine rings is 1. The number of benzene rings is 1. The average molecular weight is 364 g/mol. The van der Waals surface area contributed by atoms with E-state index in [0.717, 1.165) is 0 Å². The fraction of sp³-hybridized carbons (Fsp3) is 0.438. The van der Waals surface area contributed by atoms with Crippen LogP contribution in [0.1, 0.15) is 23.2 Å². The molecule has 1 aliphatic rings. The predicted molar refractivity (Wildman–Crippen MR) is 90.8 cm³/mol. The van der Waals surface area contributed by atoms with Crippen LogP contribution in [0, 0.1) is 10.1 Å². The van der Waals surface area contributed by atoms with E-state index >= 15 is 0 Å². The summed E-state index contributed by atoms with van der Waals surface area (Å²) < 4.78 is 0. The van der Waals surface area contributed by atoms with Crippen LogP contribution in [0.4, 0.5) is 10.5 Å². The largest absolute Gasteiger partial charge is 0.481 e. The van der Waals surface area contributed by atoms with Crippen LogP contribution >= 0.6 is 0 Å². The zero-order valence-corrected chi connectivity index (χ0v) is 14.1. The molecular formula is C16H20N4O6. The molecule has 0 saturated carbocycles. The fourth-order valence-electron chi connectivity index (χ4n) is 2.64. The lowest BCUT2D eigenvalue weighted by molar-refractivity contribution is -0.385. The Kier molecular flexibility index (Phi) is 6.48. The van der Waals surface area contributed by atoms with Crippen LogP contribution in [-0.2, 0) is 4.79 Å². The molecule has 3 amide bonds. The van der Waals surface area contributed by atoms with Crippen LogP contribution in [0.25, 0.3) is 0 Å². The molecule has 0 aromatic heterocycles. The maximum Gasteiger partial charge on any atom is 0.317 e. The number of carbonyl (C=O) groups is 3. The summed E-state index contributed by atoms with van der Waals surface area (Å²) in [6, 6.07) is 5.46. The summed E-state index contributed by atoms with van der Waals surface area (Å²) in [5.41, 5.74) is -0.208. The number of amides is 3. The molecular weight excluding hydrogens is 344 g/mol. The molecule has 1 heterocycles. The molecule has 1 aromatic carbocycles. The van der Waals surface area contributed by atoms with Crippen molar-refractivity contribution in [1.82, 2.24) is 15.1 Å². The molecule has 26 heavy (non-hydrogen) atoms. The standard InChI is InChI=1S/C16H20N4O6/c21-14(22)6-3-7-17-16(24)19-10-8-18(9-11-19)15(23)12-4-1-2-5-13(12)20(25)26/h1-2,4-5H,3,6-11H2,(H,17,24)(H,21,22). The maximum atomic E-state index is 12.5. The molecule has 1 aliphatic heterocycles. The van der Waals surface area contributed by atoms with E-state index in [1.807, 2.05) is 0 Å². The number of carboxylic acids is 1. The van der Waals surface area contributed by atoms with Gasteiger partial charge < -0.3 is 20.2 Å². The summed E-state index contributed by atoms with van der Waals surface area (Å²) in [6.45, 7) is 1.41. The lowest BCUT2D eigenvalue weighted by Gasteiger charge is -2.34. The van der Waals surface area contributed by atoms with Gasteiger partial charge in [-0.2, -0.15) is 0 Å². The van der Waals surface area contributed by atoms with E-state index in [1.54, 1.807) is 6.07 Å². The Balaban J connectivity index is 1.86. The normalized spacial score (nSPS) is 14.0. The Bertz CT molecular complexity index is 700. The van der Waals surface area contributed by atoms with Crippen LogP contribution in [0.5, 0.6) is 0 Å². The highest BCUT2D eigenvalue weighted by molar-refractivity contribution is 5.98. The lowest BCUT2D eigenvalue weighted by atomic mass is 10.1. The van der Waals surface area contributed by atoms with E-state index in [9.17, 15) is 24.5 Å². The van der Waals surface area contributed by atoms with Gasteiger partial charge in [0.05, 0.1) is 4.92 Å². The molecule has 0 unspecified atom stereocenters. The number of nitrogens with one attached hydrogen (secondary N) is 1. The predicted octanol–water partition coefficient (Wildman–Crippen LogP) is 0.927. The number of para-hydroxylation sites is 1. The van der Waals surface area contributed by atoms with Crippen molar-refractivity contribution in [1.29, 1.82) is 0 Å². The van der Waals surface area contributed by atoms with Gasteiger partial charge in [0, 0.05) is 45.2 Å². The first-order chi connectivity index (χ1) is 12.4. The highest BCUT2D eigenvalue weighted by atomic mass is 16.6. The number of carbonyl (C=O) groups excluding carboxylic acids is 2. The van der Waals surface area contributed by atoms with Gasteiger partial charge in [-0.25, -0.2) is 4.79 Å². The molecule has 0 spiro atoms. The van der Waals surface area contributed by atoms with Crippen molar-refractivity contribution in [2.45, 2.75) is 12.8 Å². The van der Waals surface area contributed by atoms with Gasteiger partial charge >= 0.3 is 12.0 Å². The van der Waals surface area contributed by atoms with Crippen molar-refractivity contribution < 1.29 is 24.4 Å². The minimum Gasteiger partial charge on any atom is -0.481 e. The van der Waals surface area contributed by atoms with Gasteiger partial charge in [0.15, 0.2) is 0 Å². The Morgan fingerprint density at radius 2 is 1.73 bits per heavy atom. The van der Waals surface area contributed by atoms with Crippen LogP contribution in [0.15, 0.2) is 24.3 Å². The third-order valence-electron chi connectivity index (χ3n) is 4.03. The van der Waals surface area contributed by atoms with Gasteiger partial charge in [-0.05, 0) is 12.5 Å². The number of rotatable bonds is 6. The van der Waals surface area contributed by atoms with E-state index < -0.39 is 16.8 Å². The van der Waals surface area contributed by atoms with Crippen LogP contribution in [-0.4, -0.2) is 70.5 Å². The molecule has 10 nitrogen and oxygen atoms in total. The first-order valence-corrected chi connectivity index (χ1v) is 8.17. The minimum atomic E-state index is -0.915. The van der Waals surface area contributed by atoms with Gasteiger partial charge in [-0.3, -0.25) is 19.7 Å². The molecule has 1 fully saturated rings. The highest BCUT2D eigenvalue weighted by Crippen LogP contribution is 2.20. The molecule has 2 N–H and O–H groups in total. The Hall–Kier alpha value is -3.17. The molecule has 140 valence electrons. The van der Waals surface area contributed by atoms with Gasteiger partial charge in [0.25, 0.3) is 11.6 Å². The van der Waals surface area contributed by atoms with Gasteiger partial charge in [0.1, 0.15) is 5.56 Å². The van der Waals surface area contributed by atoms with E-state index in [2.05, 4.69) is 5.32 Å². The molecule has 0 aliphatic carbocycles.